The number of aromatic amines is 1. The fraction of sp³-hybridized carbons (Fsp3) is 0.533. The summed E-state index contributed by atoms with van der Waals surface area (Å²) in [5.41, 5.74) is 4.87. The van der Waals surface area contributed by atoms with Gasteiger partial charge in [-0.15, -0.1) is 0 Å². The van der Waals surface area contributed by atoms with Crippen molar-refractivity contribution in [3.8, 4) is 11.5 Å². The molecule has 35 heavy (non-hydrogen) atoms. The molecule has 5 nitrogen and oxygen atoms in total. The standard InChI is InChI=1S/C30H34N2O3/c1-3-14-34-30-16-21-20-6-4-5-7-22(20)31-27(21)28(2)29(30)12-13-32(17-18-8-9-18)24(30)15-19-10-11-23(33)26(35-28)25(19)29/h4-7,10-11,18,24,31,33H,3,8-9,12-17H2,1-2H3/t24-,28-,29-,30+/m0/s1. The summed E-state index contributed by atoms with van der Waals surface area (Å²) in [4.78, 5) is 6.57. The number of fused-ring (bicyclic) bond motifs is 4. The number of piperidine rings is 1. The number of nitrogens with zero attached hydrogens (tertiary/aromatic N) is 1. The van der Waals surface area contributed by atoms with Gasteiger partial charge in [-0.1, -0.05) is 31.2 Å². The highest BCUT2D eigenvalue weighted by Gasteiger charge is 2.78. The van der Waals surface area contributed by atoms with Crippen molar-refractivity contribution < 1.29 is 14.6 Å². The molecule has 1 saturated carbocycles. The number of aromatic nitrogens is 1. The van der Waals surface area contributed by atoms with Gasteiger partial charge in [0.1, 0.15) is 5.60 Å². The molecule has 4 atom stereocenters. The Balaban J connectivity index is 1.46. The number of phenolic OH excluding ortho intramolecular Hbond substituents is 1. The van der Waals surface area contributed by atoms with E-state index in [1.165, 1.54) is 47.2 Å². The first-order valence-corrected chi connectivity index (χ1v) is 13.5. The van der Waals surface area contributed by atoms with E-state index in [0.717, 1.165) is 50.3 Å². The summed E-state index contributed by atoms with van der Waals surface area (Å²) in [6.07, 6.45) is 6.53. The number of hydrogen-bond acceptors (Lipinski definition) is 4. The SMILES string of the molecule is CCCO[C@@]12Cc3c([nH]c4ccccc34)[C@]3(C)Oc4c(O)ccc5c4[C@@]31CCN(CC1CC1)[C@H]2C5. The van der Waals surface area contributed by atoms with Gasteiger partial charge in [-0.3, -0.25) is 4.90 Å². The number of benzene rings is 2. The van der Waals surface area contributed by atoms with Crippen LogP contribution >= 0.6 is 0 Å². The first-order chi connectivity index (χ1) is 17.0. The zero-order valence-electron chi connectivity index (χ0n) is 20.7. The van der Waals surface area contributed by atoms with Crippen molar-refractivity contribution in [2.45, 2.75) is 75.0 Å². The molecule has 3 aliphatic carbocycles. The molecule has 2 aromatic carbocycles. The van der Waals surface area contributed by atoms with E-state index < -0.39 is 11.2 Å². The third-order valence-corrected chi connectivity index (χ3v) is 10.1. The predicted molar refractivity (Wildman–Crippen MR) is 135 cm³/mol. The van der Waals surface area contributed by atoms with Crippen LogP contribution in [-0.4, -0.2) is 46.3 Å². The molecule has 1 spiro atoms. The van der Waals surface area contributed by atoms with E-state index >= 15 is 0 Å². The van der Waals surface area contributed by atoms with E-state index in [2.05, 4.69) is 54.1 Å². The summed E-state index contributed by atoms with van der Waals surface area (Å²) < 4.78 is 14.2. The first-order valence-electron chi connectivity index (χ1n) is 13.5. The highest BCUT2D eigenvalue weighted by molar-refractivity contribution is 5.86. The molecule has 2 fully saturated rings. The van der Waals surface area contributed by atoms with Crippen molar-refractivity contribution in [3.63, 3.8) is 0 Å². The summed E-state index contributed by atoms with van der Waals surface area (Å²) >= 11 is 0. The molecule has 0 radical (unpaired) electrons. The average molecular weight is 471 g/mol. The highest BCUT2D eigenvalue weighted by Crippen LogP contribution is 2.72. The van der Waals surface area contributed by atoms with Crippen LogP contribution in [0, 0.1) is 5.92 Å². The van der Waals surface area contributed by atoms with E-state index in [1.807, 2.05) is 6.07 Å². The lowest BCUT2D eigenvalue weighted by molar-refractivity contribution is -0.226. The van der Waals surface area contributed by atoms with Crippen molar-refractivity contribution in [3.05, 3.63) is 58.8 Å². The van der Waals surface area contributed by atoms with Gasteiger partial charge in [-0.2, -0.15) is 0 Å². The number of ether oxygens (including phenoxy) is 2. The van der Waals surface area contributed by atoms with Crippen LogP contribution in [0.25, 0.3) is 10.9 Å². The lowest BCUT2D eigenvalue weighted by Gasteiger charge is -2.67. The number of hydrogen-bond donors (Lipinski definition) is 2. The second kappa shape index (κ2) is 6.63. The maximum absolute atomic E-state index is 11.1. The molecular formula is C30H34N2O3. The van der Waals surface area contributed by atoms with Crippen LogP contribution in [0.4, 0.5) is 0 Å². The minimum Gasteiger partial charge on any atom is -0.504 e. The van der Waals surface area contributed by atoms with Crippen molar-refractivity contribution >= 4 is 10.9 Å². The van der Waals surface area contributed by atoms with E-state index in [4.69, 9.17) is 9.47 Å². The first kappa shape index (κ1) is 20.7. The lowest BCUT2D eigenvalue weighted by atomic mass is 9.45. The Kier molecular flexibility index (Phi) is 3.91. The second-order valence-corrected chi connectivity index (χ2v) is 11.8. The van der Waals surface area contributed by atoms with Crippen LogP contribution in [0.2, 0.25) is 0 Å². The van der Waals surface area contributed by atoms with Gasteiger partial charge < -0.3 is 19.6 Å². The molecule has 1 saturated heterocycles. The maximum Gasteiger partial charge on any atom is 0.166 e. The van der Waals surface area contributed by atoms with Gasteiger partial charge in [-0.05, 0) is 74.8 Å². The Bertz CT molecular complexity index is 1380. The fourth-order valence-corrected chi connectivity index (χ4v) is 8.61. The van der Waals surface area contributed by atoms with Crippen LogP contribution in [0.1, 0.15) is 61.9 Å². The van der Waals surface area contributed by atoms with E-state index in [0.29, 0.717) is 11.8 Å². The number of likely N-dealkylation sites (tertiary alicyclic amines) is 1. The molecule has 182 valence electrons. The third kappa shape index (κ3) is 2.29. The summed E-state index contributed by atoms with van der Waals surface area (Å²) in [6.45, 7) is 7.46. The Morgan fingerprint density at radius 1 is 1.20 bits per heavy atom. The maximum atomic E-state index is 11.1. The van der Waals surface area contributed by atoms with Gasteiger partial charge >= 0.3 is 0 Å². The Morgan fingerprint density at radius 2 is 2.06 bits per heavy atom. The van der Waals surface area contributed by atoms with Crippen molar-refractivity contribution in [2.75, 3.05) is 19.7 Å². The molecule has 3 aromatic rings. The number of rotatable bonds is 5. The summed E-state index contributed by atoms with van der Waals surface area (Å²) in [5, 5.41) is 12.3. The van der Waals surface area contributed by atoms with Gasteiger partial charge in [0.2, 0.25) is 0 Å². The molecule has 5 aliphatic rings. The Morgan fingerprint density at radius 3 is 2.89 bits per heavy atom. The van der Waals surface area contributed by atoms with Crippen LogP contribution in [0.3, 0.4) is 0 Å². The molecule has 2 bridgehead atoms. The molecule has 8 rings (SSSR count). The van der Waals surface area contributed by atoms with Gasteiger partial charge in [0.05, 0.1) is 11.1 Å². The molecule has 5 heteroatoms. The molecule has 2 N–H and O–H groups in total. The Hall–Kier alpha value is -2.50. The quantitative estimate of drug-likeness (QED) is 0.539. The summed E-state index contributed by atoms with van der Waals surface area (Å²) in [7, 11) is 0. The van der Waals surface area contributed by atoms with Gasteiger partial charge in [0, 0.05) is 42.1 Å². The summed E-state index contributed by atoms with van der Waals surface area (Å²) in [5.74, 6) is 1.78. The number of nitrogens with one attached hydrogen (secondary N) is 1. The van der Waals surface area contributed by atoms with Crippen LogP contribution in [0.5, 0.6) is 11.5 Å². The number of para-hydroxylation sites is 1. The molecule has 2 aliphatic heterocycles. The monoisotopic (exact) mass is 470 g/mol. The van der Waals surface area contributed by atoms with Crippen LogP contribution in [0.15, 0.2) is 36.4 Å². The summed E-state index contributed by atoms with van der Waals surface area (Å²) in [6, 6.07) is 13.0. The third-order valence-electron chi connectivity index (χ3n) is 10.1. The molecule has 0 amide bonds. The largest absolute Gasteiger partial charge is 0.504 e. The van der Waals surface area contributed by atoms with Gasteiger partial charge in [-0.25, -0.2) is 0 Å². The van der Waals surface area contributed by atoms with Crippen molar-refractivity contribution in [1.82, 2.24) is 9.88 Å². The number of H-pyrrole nitrogens is 1. The van der Waals surface area contributed by atoms with Gasteiger partial charge in [0.25, 0.3) is 0 Å². The van der Waals surface area contributed by atoms with Crippen molar-refractivity contribution in [2.24, 2.45) is 5.92 Å². The molecule has 3 heterocycles. The van der Waals surface area contributed by atoms with E-state index in [-0.39, 0.29) is 11.2 Å². The van der Waals surface area contributed by atoms with Crippen LogP contribution in [-0.2, 0) is 28.6 Å². The van der Waals surface area contributed by atoms with Crippen molar-refractivity contribution in [1.29, 1.82) is 0 Å². The molecule has 0 unspecified atom stereocenters. The minimum absolute atomic E-state index is 0.259. The normalized spacial score (nSPS) is 34.5. The lowest BCUT2D eigenvalue weighted by Crippen LogP contribution is -2.79. The van der Waals surface area contributed by atoms with Gasteiger partial charge in [0.15, 0.2) is 17.1 Å². The number of aromatic hydroxyl groups is 1. The van der Waals surface area contributed by atoms with Crippen LogP contribution < -0.4 is 4.74 Å². The zero-order valence-corrected chi connectivity index (χ0v) is 20.7. The topological polar surface area (TPSA) is 57.7 Å². The molecule has 1 aromatic heterocycles. The average Bonchev–Trinajstić information content (AvgIpc) is 3.53. The minimum atomic E-state index is -0.631. The predicted octanol–water partition coefficient (Wildman–Crippen LogP) is 5.18. The molecular weight excluding hydrogens is 436 g/mol. The second-order valence-electron chi connectivity index (χ2n) is 11.8. The Labute approximate surface area is 206 Å². The van der Waals surface area contributed by atoms with E-state index in [1.54, 1.807) is 0 Å². The smallest absolute Gasteiger partial charge is 0.166 e. The number of phenols is 1. The zero-order chi connectivity index (χ0) is 23.6. The van der Waals surface area contributed by atoms with E-state index in [9.17, 15) is 5.11 Å². The highest BCUT2D eigenvalue weighted by atomic mass is 16.5. The fourth-order valence-electron chi connectivity index (χ4n) is 8.61.